The van der Waals surface area contributed by atoms with Gasteiger partial charge < -0.3 is 39.4 Å². The SMILES string of the molecule is CCCCCCCCCCCCCCCCCCOCCCOP(O)OCC(C#N)(OC)C(O)Cc1ccc2c(N)ncnn12.N#Cc1ccc(CO)cn1. The van der Waals surface area contributed by atoms with Crippen LogP contribution in [-0.2, 0) is 31.5 Å². The lowest BCUT2D eigenvalue weighted by atomic mass is 9.95. The molecule has 0 spiro atoms. The molecule has 55 heavy (non-hydrogen) atoms. The number of hydrogen-bond acceptors (Lipinski definition) is 13. The summed E-state index contributed by atoms with van der Waals surface area (Å²) in [5.41, 5.74) is 6.46. The average Bonchev–Trinajstić information content (AvgIpc) is 3.62. The van der Waals surface area contributed by atoms with Crippen molar-refractivity contribution in [3.63, 3.8) is 0 Å². The Morgan fingerprint density at radius 2 is 1.45 bits per heavy atom. The molecule has 3 rings (SSSR count). The number of ether oxygens (including phenoxy) is 2. The molecule has 14 nitrogen and oxygen atoms in total. The Labute approximate surface area is 329 Å². The molecule has 5 N–H and O–H groups in total. The Morgan fingerprint density at radius 3 is 2.00 bits per heavy atom. The molecule has 0 aliphatic carbocycles. The number of rotatable bonds is 30. The Morgan fingerprint density at radius 1 is 0.836 bits per heavy atom. The van der Waals surface area contributed by atoms with Crippen molar-refractivity contribution in [3.8, 4) is 12.1 Å². The normalized spacial score (nSPS) is 13.4. The van der Waals surface area contributed by atoms with E-state index in [0.717, 1.165) is 18.6 Å². The van der Waals surface area contributed by atoms with Gasteiger partial charge in [0.25, 0.3) is 0 Å². The van der Waals surface area contributed by atoms with E-state index in [1.807, 2.05) is 12.1 Å². The third-order valence-corrected chi connectivity index (χ3v) is 10.1. The topological polar surface area (TPSA) is 214 Å². The van der Waals surface area contributed by atoms with Crippen molar-refractivity contribution in [1.82, 2.24) is 19.6 Å². The predicted molar refractivity (Wildman–Crippen MR) is 213 cm³/mol. The first kappa shape index (κ1) is 47.9. The molecule has 0 saturated heterocycles. The molecule has 0 bridgehead atoms. The number of aliphatic hydroxyl groups is 2. The minimum absolute atomic E-state index is 0.0291. The van der Waals surface area contributed by atoms with E-state index in [1.54, 1.807) is 28.8 Å². The van der Waals surface area contributed by atoms with Gasteiger partial charge in [0.2, 0.25) is 5.60 Å². The monoisotopic (exact) mass is 785 g/mol. The van der Waals surface area contributed by atoms with Gasteiger partial charge in [0, 0.05) is 38.6 Å². The Hall–Kier alpha value is -3.30. The summed E-state index contributed by atoms with van der Waals surface area (Å²) in [6.45, 7) is 3.40. The molecular weight excluding hydrogens is 721 g/mol. The molecule has 0 amide bonds. The number of anilines is 1. The van der Waals surface area contributed by atoms with Crippen LogP contribution in [0.4, 0.5) is 5.82 Å². The molecule has 0 aromatic carbocycles. The van der Waals surface area contributed by atoms with Gasteiger partial charge in [-0.1, -0.05) is 109 Å². The largest absolute Gasteiger partial charge is 0.392 e. The molecule has 3 aromatic rings. The van der Waals surface area contributed by atoms with E-state index in [4.69, 9.17) is 34.6 Å². The summed E-state index contributed by atoms with van der Waals surface area (Å²) in [4.78, 5) is 17.9. The number of aromatic nitrogens is 4. The van der Waals surface area contributed by atoms with Crippen molar-refractivity contribution in [1.29, 1.82) is 10.5 Å². The maximum absolute atomic E-state index is 10.9. The number of methoxy groups -OCH3 is 1. The maximum atomic E-state index is 10.9. The second-order valence-corrected chi connectivity index (χ2v) is 14.6. The Balaban J connectivity index is 0.000000900. The van der Waals surface area contributed by atoms with Crippen molar-refractivity contribution in [3.05, 3.63) is 53.7 Å². The number of unbranched alkanes of at least 4 members (excludes halogenated alkanes) is 15. The molecule has 3 aromatic heterocycles. The number of nitriles is 2. The van der Waals surface area contributed by atoms with Crippen molar-refractivity contribution < 1.29 is 33.6 Å². The average molecular weight is 786 g/mol. The standard InChI is InChI=1S/C33H58N5O6P.C7H6N2O/c1-3-4-5-6-7-8-9-10-11-12-13-14-15-16-17-18-22-42-23-19-24-43-45(40)44-27-33(26-34,41-2)31(39)25-29-20-21-30-32(35)36-28-37-38(29)30;8-3-7-2-1-6(5-10)4-9-7/h20-21,28,31,39-40H,3-19,22-25,27H2,1-2H3,(H2,35,36,37);1-2,4,10H,5H2. The number of hydrogen-bond donors (Lipinski definition) is 4. The van der Waals surface area contributed by atoms with Gasteiger partial charge in [-0.15, -0.1) is 0 Å². The first-order chi connectivity index (χ1) is 26.8. The van der Waals surface area contributed by atoms with E-state index in [9.17, 15) is 15.3 Å². The first-order valence-corrected chi connectivity index (χ1v) is 21.0. The summed E-state index contributed by atoms with van der Waals surface area (Å²) in [6.07, 6.45) is 23.7. The van der Waals surface area contributed by atoms with Crippen molar-refractivity contribution in [2.45, 2.75) is 141 Å². The van der Waals surface area contributed by atoms with Crippen molar-refractivity contribution >= 4 is 19.9 Å². The number of nitrogens with zero attached hydrogens (tertiary/aromatic N) is 6. The Kier molecular flexibility index (Phi) is 26.0. The zero-order valence-electron chi connectivity index (χ0n) is 33.0. The molecule has 0 aliphatic heterocycles. The molecule has 0 aliphatic rings. The molecule has 0 radical (unpaired) electrons. The van der Waals surface area contributed by atoms with Gasteiger partial charge in [-0.3, -0.25) is 0 Å². The first-order valence-electron chi connectivity index (χ1n) is 19.8. The van der Waals surface area contributed by atoms with Crippen molar-refractivity contribution in [2.75, 3.05) is 39.3 Å². The number of nitrogens with two attached hydrogens (primary N) is 1. The van der Waals surface area contributed by atoms with Gasteiger partial charge in [0.1, 0.15) is 42.4 Å². The van der Waals surface area contributed by atoms with Crippen LogP contribution in [0.2, 0.25) is 0 Å². The summed E-state index contributed by atoms with van der Waals surface area (Å²) >= 11 is 0. The van der Waals surface area contributed by atoms with E-state index in [-0.39, 0.29) is 26.2 Å². The quantitative estimate of drug-likeness (QED) is 0.0381. The molecular formula is C40H64N7O7P. The minimum atomic E-state index is -2.25. The van der Waals surface area contributed by atoms with Gasteiger partial charge in [-0.05, 0) is 36.6 Å². The van der Waals surface area contributed by atoms with Crippen LogP contribution in [0, 0.1) is 22.7 Å². The predicted octanol–water partition coefficient (Wildman–Crippen LogP) is 7.49. The fraction of sp³-hybridized carbons (Fsp3) is 0.675. The number of pyridine rings is 1. The summed E-state index contributed by atoms with van der Waals surface area (Å²) in [5.74, 6) is 0.307. The van der Waals surface area contributed by atoms with Crippen LogP contribution in [0.3, 0.4) is 0 Å². The van der Waals surface area contributed by atoms with E-state index in [1.165, 1.54) is 116 Å². The van der Waals surface area contributed by atoms with E-state index < -0.39 is 20.3 Å². The number of aliphatic hydroxyl groups excluding tert-OH is 2. The van der Waals surface area contributed by atoms with E-state index in [2.05, 4.69) is 22.0 Å². The maximum Gasteiger partial charge on any atom is 0.329 e. The van der Waals surface area contributed by atoms with Crippen LogP contribution in [0.25, 0.3) is 5.52 Å². The zero-order chi connectivity index (χ0) is 40.0. The fourth-order valence-electron chi connectivity index (χ4n) is 5.90. The third-order valence-electron chi connectivity index (χ3n) is 9.34. The fourth-order valence-corrected chi connectivity index (χ4v) is 6.56. The second kappa shape index (κ2) is 29.9. The number of nitrogen functional groups attached to an aromatic ring is 1. The van der Waals surface area contributed by atoms with Gasteiger partial charge in [-0.2, -0.15) is 15.6 Å². The van der Waals surface area contributed by atoms with Crippen molar-refractivity contribution in [2.24, 2.45) is 0 Å². The van der Waals surface area contributed by atoms with Gasteiger partial charge in [0.15, 0.2) is 5.82 Å². The second-order valence-electron chi connectivity index (χ2n) is 13.6. The molecule has 3 heterocycles. The zero-order valence-corrected chi connectivity index (χ0v) is 33.9. The highest BCUT2D eigenvalue weighted by Gasteiger charge is 2.40. The summed E-state index contributed by atoms with van der Waals surface area (Å²) in [5, 5.41) is 41.7. The highest BCUT2D eigenvalue weighted by atomic mass is 31.2. The summed E-state index contributed by atoms with van der Waals surface area (Å²) < 4.78 is 23.3. The van der Waals surface area contributed by atoms with Crippen LogP contribution in [0.1, 0.15) is 133 Å². The minimum Gasteiger partial charge on any atom is -0.392 e. The Bertz CT molecular complexity index is 1500. The summed E-state index contributed by atoms with van der Waals surface area (Å²) in [7, 11) is -0.942. The molecule has 3 atom stereocenters. The highest BCUT2D eigenvalue weighted by molar-refractivity contribution is 7.40. The van der Waals surface area contributed by atoms with Gasteiger partial charge in [-0.25, -0.2) is 14.5 Å². The van der Waals surface area contributed by atoms with Gasteiger partial charge in [0.05, 0.1) is 13.2 Å². The molecule has 0 fully saturated rings. The van der Waals surface area contributed by atoms with Gasteiger partial charge >= 0.3 is 8.60 Å². The third kappa shape index (κ3) is 19.4. The molecule has 15 heteroatoms. The smallest absolute Gasteiger partial charge is 0.329 e. The number of fused-ring (bicyclic) bond motifs is 1. The lowest BCUT2D eigenvalue weighted by Gasteiger charge is -2.30. The molecule has 0 saturated carbocycles. The summed E-state index contributed by atoms with van der Waals surface area (Å²) in [6, 6.07) is 10.6. The molecule has 306 valence electrons. The molecule has 3 unspecified atom stereocenters. The highest BCUT2D eigenvalue weighted by Crippen LogP contribution is 2.35. The lowest BCUT2D eigenvalue weighted by Crippen LogP contribution is -2.48. The van der Waals surface area contributed by atoms with Crippen LogP contribution >= 0.6 is 8.60 Å². The van der Waals surface area contributed by atoms with E-state index >= 15 is 0 Å². The van der Waals surface area contributed by atoms with Crippen LogP contribution < -0.4 is 5.73 Å². The lowest BCUT2D eigenvalue weighted by molar-refractivity contribution is -0.0877. The van der Waals surface area contributed by atoms with Crippen LogP contribution in [0.5, 0.6) is 0 Å². The van der Waals surface area contributed by atoms with E-state index in [0.29, 0.717) is 35.8 Å². The van der Waals surface area contributed by atoms with Crippen LogP contribution in [0.15, 0.2) is 36.8 Å². The van der Waals surface area contributed by atoms with Crippen LogP contribution in [-0.4, -0.2) is 79.9 Å².